The summed E-state index contributed by atoms with van der Waals surface area (Å²) in [6, 6.07) is 4.20. The maximum absolute atomic E-state index is 8.88. The number of nitrogens with zero attached hydrogens (tertiary/aromatic N) is 2. The molecule has 0 saturated carbocycles. The van der Waals surface area contributed by atoms with E-state index >= 15 is 0 Å². The minimum Gasteiger partial charge on any atom is -0.396 e. The molecule has 0 unspecified atom stereocenters. The monoisotopic (exact) mass is 238 g/mol. The normalized spacial score (nSPS) is 11.2. The SMILES string of the molecule is CC(C)N(CCCO)Cc1cc(NN)ccn1. The lowest BCUT2D eigenvalue weighted by atomic mass is 10.2. The Balaban J connectivity index is 2.64. The van der Waals surface area contributed by atoms with Crippen molar-refractivity contribution in [3.8, 4) is 0 Å². The van der Waals surface area contributed by atoms with Gasteiger partial charge < -0.3 is 10.5 Å². The molecule has 96 valence electrons. The summed E-state index contributed by atoms with van der Waals surface area (Å²) in [5.41, 5.74) is 4.46. The van der Waals surface area contributed by atoms with Gasteiger partial charge >= 0.3 is 0 Å². The van der Waals surface area contributed by atoms with E-state index < -0.39 is 0 Å². The van der Waals surface area contributed by atoms with E-state index in [1.54, 1.807) is 6.20 Å². The van der Waals surface area contributed by atoms with Gasteiger partial charge in [0, 0.05) is 31.9 Å². The van der Waals surface area contributed by atoms with E-state index in [1.165, 1.54) is 0 Å². The minimum atomic E-state index is 0.223. The molecule has 5 heteroatoms. The Hall–Kier alpha value is -1.17. The van der Waals surface area contributed by atoms with Crippen molar-refractivity contribution >= 4 is 5.69 Å². The minimum absolute atomic E-state index is 0.223. The average Bonchev–Trinajstić information content (AvgIpc) is 2.34. The Morgan fingerprint density at radius 3 is 2.88 bits per heavy atom. The highest BCUT2D eigenvalue weighted by Crippen LogP contribution is 2.11. The maximum atomic E-state index is 8.88. The van der Waals surface area contributed by atoms with E-state index in [-0.39, 0.29) is 6.61 Å². The molecule has 0 bridgehead atoms. The third kappa shape index (κ3) is 4.68. The predicted octanol–water partition coefficient (Wildman–Crippen LogP) is 0.960. The molecule has 1 rings (SSSR count). The molecule has 1 aromatic heterocycles. The van der Waals surface area contributed by atoms with E-state index in [4.69, 9.17) is 10.9 Å². The predicted molar refractivity (Wildman–Crippen MR) is 69.3 cm³/mol. The largest absolute Gasteiger partial charge is 0.396 e. The van der Waals surface area contributed by atoms with Crippen LogP contribution in [0.3, 0.4) is 0 Å². The van der Waals surface area contributed by atoms with Crippen LogP contribution >= 0.6 is 0 Å². The molecular weight excluding hydrogens is 216 g/mol. The second kappa shape index (κ2) is 7.21. The van der Waals surface area contributed by atoms with Gasteiger partial charge in [0.05, 0.1) is 11.4 Å². The second-order valence-corrected chi connectivity index (χ2v) is 4.32. The van der Waals surface area contributed by atoms with Gasteiger partial charge in [-0.15, -0.1) is 0 Å². The van der Waals surface area contributed by atoms with Crippen molar-refractivity contribution in [1.82, 2.24) is 9.88 Å². The Bertz CT molecular complexity index is 330. The summed E-state index contributed by atoms with van der Waals surface area (Å²) in [5.74, 6) is 5.37. The summed E-state index contributed by atoms with van der Waals surface area (Å²) in [7, 11) is 0. The number of aliphatic hydroxyl groups excluding tert-OH is 1. The zero-order valence-electron chi connectivity index (χ0n) is 10.6. The molecule has 0 spiro atoms. The molecule has 0 atom stereocenters. The van der Waals surface area contributed by atoms with Gasteiger partial charge in [-0.2, -0.15) is 0 Å². The summed E-state index contributed by atoms with van der Waals surface area (Å²) in [4.78, 5) is 6.59. The molecule has 0 fully saturated rings. The van der Waals surface area contributed by atoms with E-state index in [0.29, 0.717) is 6.04 Å². The first-order valence-electron chi connectivity index (χ1n) is 5.93. The molecule has 4 N–H and O–H groups in total. The van der Waals surface area contributed by atoms with Gasteiger partial charge in [0.15, 0.2) is 0 Å². The van der Waals surface area contributed by atoms with Gasteiger partial charge in [0.1, 0.15) is 0 Å². The Morgan fingerprint density at radius 1 is 1.53 bits per heavy atom. The zero-order valence-corrected chi connectivity index (χ0v) is 10.6. The van der Waals surface area contributed by atoms with Crippen molar-refractivity contribution in [2.24, 2.45) is 5.84 Å². The third-order valence-corrected chi connectivity index (χ3v) is 2.68. The number of rotatable bonds is 7. The van der Waals surface area contributed by atoms with Crippen molar-refractivity contribution in [1.29, 1.82) is 0 Å². The van der Waals surface area contributed by atoms with Crippen LogP contribution in [0.5, 0.6) is 0 Å². The van der Waals surface area contributed by atoms with Crippen molar-refractivity contribution < 1.29 is 5.11 Å². The van der Waals surface area contributed by atoms with Gasteiger partial charge in [-0.05, 0) is 32.4 Å². The van der Waals surface area contributed by atoms with Crippen LogP contribution in [0, 0.1) is 0 Å². The lowest BCUT2D eigenvalue weighted by Gasteiger charge is -2.25. The quantitative estimate of drug-likeness (QED) is 0.487. The summed E-state index contributed by atoms with van der Waals surface area (Å²) in [6.07, 6.45) is 2.53. The first kappa shape index (κ1) is 13.9. The van der Waals surface area contributed by atoms with Crippen LogP contribution in [-0.4, -0.2) is 34.2 Å². The zero-order chi connectivity index (χ0) is 12.7. The maximum Gasteiger partial charge on any atom is 0.0565 e. The number of aromatic nitrogens is 1. The fourth-order valence-electron chi connectivity index (χ4n) is 1.66. The van der Waals surface area contributed by atoms with E-state index in [1.807, 2.05) is 12.1 Å². The summed E-state index contributed by atoms with van der Waals surface area (Å²) in [6.45, 7) is 6.15. The molecule has 1 heterocycles. The lowest BCUT2D eigenvalue weighted by molar-refractivity contribution is 0.183. The van der Waals surface area contributed by atoms with Crippen molar-refractivity contribution in [3.05, 3.63) is 24.0 Å². The smallest absolute Gasteiger partial charge is 0.0565 e. The molecule has 5 nitrogen and oxygen atoms in total. The van der Waals surface area contributed by atoms with Crippen molar-refractivity contribution in [2.75, 3.05) is 18.6 Å². The molecule has 0 radical (unpaired) electrons. The van der Waals surface area contributed by atoms with Crippen LogP contribution in [0.1, 0.15) is 26.0 Å². The number of nitrogens with one attached hydrogen (secondary N) is 1. The number of nitrogens with two attached hydrogens (primary N) is 1. The molecule has 1 aromatic rings. The molecule has 0 aromatic carbocycles. The van der Waals surface area contributed by atoms with Gasteiger partial charge in [0.2, 0.25) is 0 Å². The Kier molecular flexibility index (Phi) is 5.90. The summed E-state index contributed by atoms with van der Waals surface area (Å²) < 4.78 is 0. The van der Waals surface area contributed by atoms with Crippen LogP contribution in [-0.2, 0) is 6.54 Å². The van der Waals surface area contributed by atoms with E-state index in [9.17, 15) is 0 Å². The highest BCUT2D eigenvalue weighted by Gasteiger charge is 2.10. The molecular formula is C12H22N4O. The first-order valence-corrected chi connectivity index (χ1v) is 5.93. The number of anilines is 1. The number of hydrogen-bond donors (Lipinski definition) is 3. The Labute approximate surface area is 103 Å². The number of pyridine rings is 1. The topological polar surface area (TPSA) is 74.4 Å². The standard InChI is InChI=1S/C12H22N4O/c1-10(2)16(6-3-7-17)9-12-8-11(15-13)4-5-14-12/h4-5,8,10,17H,3,6-7,9,13H2,1-2H3,(H,14,15). The van der Waals surface area contributed by atoms with E-state index in [2.05, 4.69) is 29.2 Å². The summed E-state index contributed by atoms with van der Waals surface area (Å²) in [5, 5.41) is 8.88. The molecule has 0 amide bonds. The van der Waals surface area contributed by atoms with Crippen molar-refractivity contribution in [3.63, 3.8) is 0 Å². The number of nitrogen functional groups attached to an aromatic ring is 1. The molecule has 0 aliphatic carbocycles. The van der Waals surface area contributed by atoms with Gasteiger partial charge in [-0.1, -0.05) is 0 Å². The Morgan fingerprint density at radius 2 is 2.29 bits per heavy atom. The molecule has 0 aliphatic rings. The highest BCUT2D eigenvalue weighted by molar-refractivity contribution is 5.41. The fraction of sp³-hybridized carbons (Fsp3) is 0.583. The van der Waals surface area contributed by atoms with Crippen LogP contribution in [0.25, 0.3) is 0 Å². The number of aliphatic hydroxyl groups is 1. The first-order chi connectivity index (χ1) is 8.17. The second-order valence-electron chi connectivity index (χ2n) is 4.32. The molecule has 0 saturated heterocycles. The van der Waals surface area contributed by atoms with Gasteiger partial charge in [-0.3, -0.25) is 15.7 Å². The van der Waals surface area contributed by atoms with Crippen LogP contribution < -0.4 is 11.3 Å². The number of hydrogen-bond acceptors (Lipinski definition) is 5. The average molecular weight is 238 g/mol. The van der Waals surface area contributed by atoms with E-state index in [0.717, 1.165) is 30.9 Å². The van der Waals surface area contributed by atoms with Crippen LogP contribution in [0.2, 0.25) is 0 Å². The molecule has 0 aliphatic heterocycles. The lowest BCUT2D eigenvalue weighted by Crippen LogP contribution is -2.32. The summed E-state index contributed by atoms with van der Waals surface area (Å²) >= 11 is 0. The molecule has 17 heavy (non-hydrogen) atoms. The number of hydrazine groups is 1. The highest BCUT2D eigenvalue weighted by atomic mass is 16.3. The van der Waals surface area contributed by atoms with Crippen LogP contribution in [0.15, 0.2) is 18.3 Å². The third-order valence-electron chi connectivity index (χ3n) is 2.68. The van der Waals surface area contributed by atoms with Crippen LogP contribution in [0.4, 0.5) is 5.69 Å². The van der Waals surface area contributed by atoms with Gasteiger partial charge in [-0.25, -0.2) is 0 Å². The fourth-order valence-corrected chi connectivity index (χ4v) is 1.66. The van der Waals surface area contributed by atoms with Crippen molar-refractivity contribution in [2.45, 2.75) is 32.9 Å². The van der Waals surface area contributed by atoms with Gasteiger partial charge in [0.25, 0.3) is 0 Å².